The second-order valence-electron chi connectivity index (χ2n) is 3.00. The molecule has 74 valence electrons. The van der Waals surface area contributed by atoms with Gasteiger partial charge < -0.3 is 4.74 Å². The van der Waals surface area contributed by atoms with Crippen molar-refractivity contribution in [3.8, 4) is 11.8 Å². The summed E-state index contributed by atoms with van der Waals surface area (Å²) in [5.74, 6) is -2.58. The van der Waals surface area contributed by atoms with Gasteiger partial charge >= 0.3 is 0 Å². The molecule has 1 aromatic rings. The molecular formula is C10H9F2NO. The molecule has 0 aromatic heterocycles. The molecule has 2 nitrogen and oxygen atoms in total. The molecule has 1 rings (SSSR count). The monoisotopic (exact) mass is 197 g/mol. The highest BCUT2D eigenvalue weighted by Crippen LogP contribution is 2.17. The summed E-state index contributed by atoms with van der Waals surface area (Å²) in [5, 5.41) is 8.54. The van der Waals surface area contributed by atoms with Gasteiger partial charge in [0.15, 0.2) is 6.61 Å². The van der Waals surface area contributed by atoms with Crippen molar-refractivity contribution in [2.45, 2.75) is 12.8 Å². The molecule has 1 aromatic carbocycles. The van der Waals surface area contributed by atoms with E-state index < -0.39 is 12.5 Å². The number of hydrogen-bond donors (Lipinski definition) is 0. The van der Waals surface area contributed by atoms with Crippen molar-refractivity contribution in [1.29, 1.82) is 5.26 Å². The van der Waals surface area contributed by atoms with Crippen molar-refractivity contribution in [3.05, 3.63) is 29.8 Å². The zero-order chi connectivity index (χ0) is 10.6. The van der Waals surface area contributed by atoms with Gasteiger partial charge in [-0.15, -0.1) is 0 Å². The minimum Gasteiger partial charge on any atom is -0.487 e. The maximum absolute atomic E-state index is 12.4. The lowest BCUT2D eigenvalue weighted by Gasteiger charge is -2.11. The summed E-state index contributed by atoms with van der Waals surface area (Å²) >= 11 is 0. The molecule has 0 aliphatic carbocycles. The summed E-state index contributed by atoms with van der Waals surface area (Å²) in [4.78, 5) is 0. The molecule has 0 aliphatic rings. The van der Waals surface area contributed by atoms with Gasteiger partial charge in [0, 0.05) is 6.92 Å². The van der Waals surface area contributed by atoms with Crippen LogP contribution in [0.5, 0.6) is 5.75 Å². The molecule has 0 aliphatic heterocycles. The summed E-state index contributed by atoms with van der Waals surface area (Å²) in [7, 11) is 0. The zero-order valence-corrected chi connectivity index (χ0v) is 7.63. The molecule has 0 N–H and O–H groups in total. The van der Waals surface area contributed by atoms with Gasteiger partial charge in [-0.2, -0.15) is 5.26 Å². The normalized spacial score (nSPS) is 10.7. The average molecular weight is 197 g/mol. The van der Waals surface area contributed by atoms with Crippen molar-refractivity contribution in [2.75, 3.05) is 6.61 Å². The van der Waals surface area contributed by atoms with Crippen LogP contribution in [0.2, 0.25) is 0 Å². The molecule has 0 spiro atoms. The Morgan fingerprint density at radius 2 is 2.21 bits per heavy atom. The van der Waals surface area contributed by atoms with Crippen LogP contribution < -0.4 is 4.74 Å². The first kappa shape index (κ1) is 10.5. The lowest BCUT2D eigenvalue weighted by atomic mass is 10.2. The standard InChI is InChI=1S/C10H9F2NO/c1-10(11,12)7-14-9-4-2-3-8(5-9)6-13/h2-5H,7H2,1H3. The second-order valence-corrected chi connectivity index (χ2v) is 3.00. The molecule has 0 atom stereocenters. The van der Waals surface area contributed by atoms with E-state index in [0.29, 0.717) is 5.56 Å². The summed E-state index contributed by atoms with van der Waals surface area (Å²) in [6.07, 6.45) is 0. The van der Waals surface area contributed by atoms with E-state index in [1.807, 2.05) is 6.07 Å². The smallest absolute Gasteiger partial charge is 0.278 e. The van der Waals surface area contributed by atoms with Crippen molar-refractivity contribution < 1.29 is 13.5 Å². The van der Waals surface area contributed by atoms with Crippen LogP contribution in [0.15, 0.2) is 24.3 Å². The Labute approximate surface area is 80.7 Å². The quantitative estimate of drug-likeness (QED) is 0.746. The first-order chi connectivity index (χ1) is 6.51. The fourth-order valence-electron chi connectivity index (χ4n) is 0.865. The van der Waals surface area contributed by atoms with Gasteiger partial charge in [0.2, 0.25) is 0 Å². The van der Waals surface area contributed by atoms with Gasteiger partial charge in [-0.1, -0.05) is 6.07 Å². The van der Waals surface area contributed by atoms with Crippen molar-refractivity contribution >= 4 is 0 Å². The second kappa shape index (κ2) is 4.05. The van der Waals surface area contributed by atoms with Gasteiger partial charge in [0.1, 0.15) is 5.75 Å². The number of nitriles is 1. The van der Waals surface area contributed by atoms with Crippen LogP contribution in [-0.4, -0.2) is 12.5 Å². The topological polar surface area (TPSA) is 33.0 Å². The Morgan fingerprint density at radius 1 is 1.50 bits per heavy atom. The molecular weight excluding hydrogens is 188 g/mol. The highest BCUT2D eigenvalue weighted by atomic mass is 19.3. The summed E-state index contributed by atoms with van der Waals surface area (Å²) in [6, 6.07) is 8.02. The number of ether oxygens (including phenoxy) is 1. The Balaban J connectivity index is 2.65. The summed E-state index contributed by atoms with van der Waals surface area (Å²) in [6.45, 7) is 0.100. The number of halogens is 2. The molecule has 0 saturated carbocycles. The number of benzene rings is 1. The molecule has 0 fully saturated rings. The van der Waals surface area contributed by atoms with Crippen LogP contribution in [-0.2, 0) is 0 Å². The molecule has 0 amide bonds. The minimum absolute atomic E-state index is 0.283. The van der Waals surface area contributed by atoms with E-state index >= 15 is 0 Å². The van der Waals surface area contributed by atoms with Crippen molar-refractivity contribution in [3.63, 3.8) is 0 Å². The lowest BCUT2D eigenvalue weighted by molar-refractivity contribution is -0.0229. The van der Waals surface area contributed by atoms with Crippen LogP contribution in [0.3, 0.4) is 0 Å². The Kier molecular flexibility index (Phi) is 3.03. The van der Waals surface area contributed by atoms with Crippen molar-refractivity contribution in [1.82, 2.24) is 0 Å². The number of rotatable bonds is 3. The maximum Gasteiger partial charge on any atom is 0.278 e. The summed E-state index contributed by atoms with van der Waals surface area (Å²) < 4.78 is 29.6. The Bertz CT molecular complexity index is 352. The van der Waals surface area contributed by atoms with E-state index in [-0.39, 0.29) is 5.75 Å². The molecule has 0 heterocycles. The predicted molar refractivity (Wildman–Crippen MR) is 47.3 cm³/mol. The number of alkyl halides is 2. The van der Waals surface area contributed by atoms with Crippen LogP contribution in [0.4, 0.5) is 8.78 Å². The molecule has 0 radical (unpaired) electrons. The third-order valence-electron chi connectivity index (χ3n) is 1.46. The van der Waals surface area contributed by atoms with E-state index in [2.05, 4.69) is 0 Å². The van der Waals surface area contributed by atoms with E-state index in [0.717, 1.165) is 6.92 Å². The van der Waals surface area contributed by atoms with Gasteiger partial charge in [-0.3, -0.25) is 0 Å². The number of hydrogen-bond acceptors (Lipinski definition) is 2. The van der Waals surface area contributed by atoms with Crippen molar-refractivity contribution in [2.24, 2.45) is 0 Å². The Hall–Kier alpha value is -1.63. The highest BCUT2D eigenvalue weighted by Gasteiger charge is 2.21. The van der Waals surface area contributed by atoms with Crippen LogP contribution >= 0.6 is 0 Å². The van der Waals surface area contributed by atoms with Crippen LogP contribution in [0.25, 0.3) is 0 Å². The molecule has 14 heavy (non-hydrogen) atoms. The minimum atomic E-state index is -2.86. The fraction of sp³-hybridized carbons (Fsp3) is 0.300. The fourth-order valence-corrected chi connectivity index (χ4v) is 0.865. The summed E-state index contributed by atoms with van der Waals surface area (Å²) in [5.41, 5.74) is 0.391. The Morgan fingerprint density at radius 3 is 2.79 bits per heavy atom. The van der Waals surface area contributed by atoms with E-state index in [1.54, 1.807) is 12.1 Å². The van der Waals surface area contributed by atoms with E-state index in [4.69, 9.17) is 10.00 Å². The van der Waals surface area contributed by atoms with Crippen LogP contribution in [0, 0.1) is 11.3 Å². The largest absolute Gasteiger partial charge is 0.487 e. The zero-order valence-electron chi connectivity index (χ0n) is 7.63. The third kappa shape index (κ3) is 3.40. The first-order valence-electron chi connectivity index (χ1n) is 4.02. The predicted octanol–water partition coefficient (Wildman–Crippen LogP) is 2.59. The lowest BCUT2D eigenvalue weighted by Crippen LogP contribution is -2.20. The van der Waals surface area contributed by atoms with E-state index in [1.165, 1.54) is 12.1 Å². The van der Waals surface area contributed by atoms with Crippen LogP contribution in [0.1, 0.15) is 12.5 Å². The third-order valence-corrected chi connectivity index (χ3v) is 1.46. The molecule has 0 bridgehead atoms. The SMILES string of the molecule is CC(F)(F)COc1cccc(C#N)c1. The van der Waals surface area contributed by atoms with Gasteiger partial charge in [0.05, 0.1) is 11.6 Å². The number of nitrogens with zero attached hydrogens (tertiary/aromatic N) is 1. The van der Waals surface area contributed by atoms with Gasteiger partial charge in [-0.25, -0.2) is 8.78 Å². The molecule has 4 heteroatoms. The van der Waals surface area contributed by atoms with Gasteiger partial charge in [0.25, 0.3) is 5.92 Å². The van der Waals surface area contributed by atoms with Gasteiger partial charge in [-0.05, 0) is 18.2 Å². The first-order valence-corrected chi connectivity index (χ1v) is 4.02. The molecule has 0 saturated heterocycles. The maximum atomic E-state index is 12.4. The average Bonchev–Trinajstić information content (AvgIpc) is 2.14. The van der Waals surface area contributed by atoms with E-state index in [9.17, 15) is 8.78 Å². The highest BCUT2D eigenvalue weighted by molar-refractivity contribution is 5.36. The molecule has 0 unspecified atom stereocenters.